The molecule has 4 rings (SSSR count). The van der Waals surface area contributed by atoms with Crippen LogP contribution in [-0.2, 0) is 0 Å². The van der Waals surface area contributed by atoms with Crippen molar-refractivity contribution in [1.82, 2.24) is 0 Å². The molecule has 2 aromatic carbocycles. The lowest BCUT2D eigenvalue weighted by molar-refractivity contribution is 0.104. The van der Waals surface area contributed by atoms with Crippen molar-refractivity contribution < 1.29 is 9.21 Å². The van der Waals surface area contributed by atoms with Gasteiger partial charge in [0, 0.05) is 21.0 Å². The molecular formula is C19H11ClO2S. The number of carbonyl (C=O) groups excluding carboxylic acids is 1. The van der Waals surface area contributed by atoms with E-state index in [9.17, 15) is 4.79 Å². The van der Waals surface area contributed by atoms with Gasteiger partial charge in [0.25, 0.3) is 0 Å². The van der Waals surface area contributed by atoms with Crippen LogP contribution >= 0.6 is 23.4 Å². The van der Waals surface area contributed by atoms with Gasteiger partial charge in [-0.05, 0) is 42.5 Å². The van der Waals surface area contributed by atoms with E-state index in [1.54, 1.807) is 6.08 Å². The summed E-state index contributed by atoms with van der Waals surface area (Å²) >= 11 is 7.49. The molecular weight excluding hydrogens is 328 g/mol. The van der Waals surface area contributed by atoms with Crippen LogP contribution in [0, 0.1) is 0 Å². The fraction of sp³-hybridized carbons (Fsp3) is 0. The minimum absolute atomic E-state index is 0.0475. The van der Waals surface area contributed by atoms with E-state index in [4.69, 9.17) is 16.0 Å². The molecule has 0 atom stereocenters. The number of hydrogen-bond donors (Lipinski definition) is 0. The summed E-state index contributed by atoms with van der Waals surface area (Å²) in [5, 5.41) is 0.663. The van der Waals surface area contributed by atoms with E-state index in [0.29, 0.717) is 15.7 Å². The maximum atomic E-state index is 12.4. The van der Waals surface area contributed by atoms with Gasteiger partial charge in [0.15, 0.2) is 0 Å². The number of fused-ring (bicyclic) bond motifs is 1. The van der Waals surface area contributed by atoms with Crippen LogP contribution in [0.2, 0.25) is 5.02 Å². The Labute approximate surface area is 142 Å². The van der Waals surface area contributed by atoms with Crippen molar-refractivity contribution in [2.75, 3.05) is 0 Å². The van der Waals surface area contributed by atoms with Gasteiger partial charge in [-0.15, -0.1) is 0 Å². The smallest absolute Gasteiger partial charge is 0.200 e. The van der Waals surface area contributed by atoms with Crippen LogP contribution in [0.25, 0.3) is 17.4 Å². The normalized spacial score (nSPS) is 15.2. The van der Waals surface area contributed by atoms with Gasteiger partial charge in [0.1, 0.15) is 11.5 Å². The molecule has 1 aliphatic rings. The molecule has 2 heterocycles. The number of benzene rings is 2. The molecule has 0 aliphatic carbocycles. The van der Waals surface area contributed by atoms with E-state index < -0.39 is 0 Å². The molecule has 1 aromatic heterocycles. The third kappa shape index (κ3) is 2.74. The summed E-state index contributed by atoms with van der Waals surface area (Å²) in [6.07, 6.45) is 1.79. The first kappa shape index (κ1) is 14.4. The monoisotopic (exact) mass is 338 g/mol. The van der Waals surface area contributed by atoms with E-state index in [1.807, 2.05) is 60.7 Å². The lowest BCUT2D eigenvalue weighted by atomic mass is 10.1. The predicted molar refractivity (Wildman–Crippen MR) is 93.8 cm³/mol. The van der Waals surface area contributed by atoms with E-state index in [-0.39, 0.29) is 5.78 Å². The molecule has 3 aromatic rings. The van der Waals surface area contributed by atoms with Crippen LogP contribution < -0.4 is 0 Å². The molecule has 0 radical (unpaired) electrons. The zero-order chi connectivity index (χ0) is 15.8. The number of allylic oxidation sites excluding steroid dienone is 1. The maximum absolute atomic E-state index is 12.4. The Bertz CT molecular complexity index is 940. The van der Waals surface area contributed by atoms with Crippen molar-refractivity contribution in [2.24, 2.45) is 0 Å². The number of halogens is 1. The minimum atomic E-state index is 0.0475. The molecule has 0 saturated carbocycles. The number of rotatable bonds is 2. The number of Topliss-reactive ketones (excluding diaryl/α,β-unsaturated/α-hetero) is 1. The molecule has 4 heteroatoms. The summed E-state index contributed by atoms with van der Waals surface area (Å²) in [4.78, 5) is 14.0. The van der Waals surface area contributed by atoms with Gasteiger partial charge in [-0.25, -0.2) is 0 Å². The van der Waals surface area contributed by atoms with E-state index in [0.717, 1.165) is 21.8 Å². The van der Waals surface area contributed by atoms with Crippen LogP contribution in [0.15, 0.2) is 74.9 Å². The van der Waals surface area contributed by atoms with E-state index in [1.165, 1.54) is 11.8 Å². The Morgan fingerprint density at radius 2 is 1.87 bits per heavy atom. The van der Waals surface area contributed by atoms with Crippen LogP contribution in [0.4, 0.5) is 0 Å². The summed E-state index contributed by atoms with van der Waals surface area (Å²) < 4.78 is 5.83. The topological polar surface area (TPSA) is 30.2 Å². The predicted octanol–water partition coefficient (Wildman–Crippen LogP) is 5.93. The molecule has 112 valence electrons. The van der Waals surface area contributed by atoms with E-state index in [2.05, 4.69) is 0 Å². The first-order chi connectivity index (χ1) is 11.2. The van der Waals surface area contributed by atoms with Gasteiger partial charge in [0.2, 0.25) is 5.78 Å². The van der Waals surface area contributed by atoms with Gasteiger partial charge >= 0.3 is 0 Å². The molecule has 0 saturated heterocycles. The van der Waals surface area contributed by atoms with Crippen molar-refractivity contribution >= 4 is 35.2 Å². The second-order valence-electron chi connectivity index (χ2n) is 5.15. The van der Waals surface area contributed by atoms with E-state index >= 15 is 0 Å². The van der Waals surface area contributed by atoms with Gasteiger partial charge in [-0.2, -0.15) is 0 Å². The first-order valence-corrected chi connectivity index (χ1v) is 8.29. The third-order valence-corrected chi connectivity index (χ3v) is 4.92. The van der Waals surface area contributed by atoms with Gasteiger partial charge in [-0.3, -0.25) is 4.79 Å². The summed E-state index contributed by atoms with van der Waals surface area (Å²) in [5.41, 5.74) is 1.67. The Kier molecular flexibility index (Phi) is 3.60. The SMILES string of the molecule is O=C1C(=Cc2ccc(-c3cccc(Cl)c3)o2)Sc2ccccc21. The van der Waals surface area contributed by atoms with Crippen molar-refractivity contribution in [3.63, 3.8) is 0 Å². The average Bonchev–Trinajstić information content (AvgIpc) is 3.14. The zero-order valence-electron chi connectivity index (χ0n) is 12.0. The highest BCUT2D eigenvalue weighted by Gasteiger charge is 2.25. The molecule has 0 amide bonds. The molecule has 0 spiro atoms. The highest BCUT2D eigenvalue weighted by Crippen LogP contribution is 2.40. The largest absolute Gasteiger partial charge is 0.457 e. The second kappa shape index (κ2) is 5.76. The second-order valence-corrected chi connectivity index (χ2v) is 6.67. The standard InChI is InChI=1S/C19H11ClO2S/c20-13-5-3-4-12(10-13)16-9-8-14(22-16)11-18-19(21)15-6-1-2-7-17(15)23-18/h1-11H. The fourth-order valence-corrected chi connectivity index (χ4v) is 3.71. The highest BCUT2D eigenvalue weighted by atomic mass is 35.5. The summed E-state index contributed by atoms with van der Waals surface area (Å²) in [7, 11) is 0. The lowest BCUT2D eigenvalue weighted by Crippen LogP contribution is -1.93. The van der Waals surface area contributed by atoms with Gasteiger partial charge < -0.3 is 4.42 Å². The number of carbonyl (C=O) groups is 1. The first-order valence-electron chi connectivity index (χ1n) is 7.10. The maximum Gasteiger partial charge on any atom is 0.200 e. The van der Waals surface area contributed by atoms with Crippen molar-refractivity contribution in [3.05, 3.63) is 81.9 Å². The minimum Gasteiger partial charge on any atom is -0.457 e. The third-order valence-electron chi connectivity index (χ3n) is 3.58. The van der Waals surface area contributed by atoms with Crippen LogP contribution in [-0.4, -0.2) is 5.78 Å². The molecule has 0 fully saturated rings. The molecule has 0 unspecified atom stereocenters. The Hall–Kier alpha value is -2.23. The summed E-state index contributed by atoms with van der Waals surface area (Å²) in [6, 6.07) is 18.9. The van der Waals surface area contributed by atoms with Crippen molar-refractivity contribution in [2.45, 2.75) is 4.90 Å². The summed E-state index contributed by atoms with van der Waals surface area (Å²) in [5.74, 6) is 1.43. The van der Waals surface area contributed by atoms with Gasteiger partial charge in [0.05, 0.1) is 4.91 Å². The fourth-order valence-electron chi connectivity index (χ4n) is 2.49. The Morgan fingerprint density at radius 3 is 2.70 bits per heavy atom. The van der Waals surface area contributed by atoms with Crippen molar-refractivity contribution in [1.29, 1.82) is 0 Å². The highest BCUT2D eigenvalue weighted by molar-refractivity contribution is 8.04. The molecule has 1 aliphatic heterocycles. The number of furan rings is 1. The molecule has 2 nitrogen and oxygen atoms in total. The molecule has 0 N–H and O–H groups in total. The number of hydrogen-bond acceptors (Lipinski definition) is 3. The van der Waals surface area contributed by atoms with Crippen LogP contribution in [0.5, 0.6) is 0 Å². The molecule has 0 bridgehead atoms. The average molecular weight is 339 g/mol. The number of thioether (sulfide) groups is 1. The zero-order valence-corrected chi connectivity index (χ0v) is 13.5. The Balaban J connectivity index is 1.65. The number of ketones is 1. The lowest BCUT2D eigenvalue weighted by Gasteiger charge is -1.97. The molecule has 23 heavy (non-hydrogen) atoms. The quantitative estimate of drug-likeness (QED) is 0.542. The van der Waals surface area contributed by atoms with Crippen molar-refractivity contribution in [3.8, 4) is 11.3 Å². The van der Waals surface area contributed by atoms with Crippen LogP contribution in [0.3, 0.4) is 0 Å². The summed E-state index contributed by atoms with van der Waals surface area (Å²) in [6.45, 7) is 0. The Morgan fingerprint density at radius 1 is 1.00 bits per heavy atom. The van der Waals surface area contributed by atoms with Crippen LogP contribution in [0.1, 0.15) is 16.1 Å². The van der Waals surface area contributed by atoms with Gasteiger partial charge in [-0.1, -0.05) is 47.6 Å².